The van der Waals surface area contributed by atoms with Gasteiger partial charge >= 0.3 is 6.03 Å². The van der Waals surface area contributed by atoms with Gasteiger partial charge in [-0.2, -0.15) is 0 Å². The number of urea groups is 1. The number of nitrogens with one attached hydrogen (secondary N) is 2. The average Bonchev–Trinajstić information content (AvgIpc) is 2.55. The fourth-order valence-corrected chi connectivity index (χ4v) is 2.67. The summed E-state index contributed by atoms with van der Waals surface area (Å²) in [4.78, 5) is 16.6. The molecular weight excluding hydrogens is 349 g/mol. The highest BCUT2D eigenvalue weighted by atomic mass is 35.5. The van der Waals surface area contributed by atoms with E-state index in [2.05, 4.69) is 15.6 Å². The fourth-order valence-electron chi connectivity index (χ4n) is 2.30. The van der Waals surface area contributed by atoms with E-state index in [4.69, 9.17) is 27.9 Å². The van der Waals surface area contributed by atoms with Crippen LogP contribution in [-0.4, -0.2) is 18.1 Å². The SMILES string of the molecule is COc1ccc(Cl)cc1NC(=O)Nc1cc(Cl)nc2ccccc12. The third-order valence-electron chi connectivity index (χ3n) is 3.34. The van der Waals surface area contributed by atoms with Crippen molar-refractivity contribution in [1.29, 1.82) is 0 Å². The Morgan fingerprint density at radius 3 is 2.58 bits per heavy atom. The normalized spacial score (nSPS) is 10.5. The molecular formula is C17H13Cl2N3O2. The molecule has 0 saturated heterocycles. The van der Waals surface area contributed by atoms with Crippen molar-refractivity contribution in [3.05, 3.63) is 58.7 Å². The first-order valence-corrected chi connectivity index (χ1v) is 7.79. The van der Waals surface area contributed by atoms with Crippen LogP contribution in [0.3, 0.4) is 0 Å². The number of halogens is 2. The Morgan fingerprint density at radius 1 is 1.04 bits per heavy atom. The van der Waals surface area contributed by atoms with Crippen molar-refractivity contribution in [3.8, 4) is 5.75 Å². The summed E-state index contributed by atoms with van der Waals surface area (Å²) < 4.78 is 5.21. The van der Waals surface area contributed by atoms with Crippen LogP contribution >= 0.6 is 23.2 Å². The first-order valence-electron chi connectivity index (χ1n) is 7.03. The molecule has 24 heavy (non-hydrogen) atoms. The average molecular weight is 362 g/mol. The molecule has 0 fully saturated rings. The number of aromatic nitrogens is 1. The van der Waals surface area contributed by atoms with Crippen LogP contribution in [0, 0.1) is 0 Å². The van der Waals surface area contributed by atoms with E-state index >= 15 is 0 Å². The number of benzene rings is 2. The Labute approximate surface area is 148 Å². The molecule has 2 amide bonds. The van der Waals surface area contributed by atoms with Crippen LogP contribution in [0.4, 0.5) is 16.2 Å². The highest BCUT2D eigenvalue weighted by Gasteiger charge is 2.11. The van der Waals surface area contributed by atoms with Crippen molar-refractivity contribution in [2.75, 3.05) is 17.7 Å². The van der Waals surface area contributed by atoms with Gasteiger partial charge < -0.3 is 15.4 Å². The van der Waals surface area contributed by atoms with Crippen molar-refractivity contribution in [1.82, 2.24) is 4.98 Å². The summed E-state index contributed by atoms with van der Waals surface area (Å²) in [6.45, 7) is 0. The molecule has 2 N–H and O–H groups in total. The molecule has 7 heteroatoms. The van der Waals surface area contributed by atoms with Crippen molar-refractivity contribution < 1.29 is 9.53 Å². The molecule has 0 bridgehead atoms. The predicted octanol–water partition coefficient (Wildman–Crippen LogP) is 5.19. The van der Waals surface area contributed by atoms with Crippen molar-refractivity contribution >= 4 is 51.5 Å². The molecule has 3 rings (SSSR count). The minimum absolute atomic E-state index is 0.296. The number of fused-ring (bicyclic) bond motifs is 1. The number of pyridine rings is 1. The Bertz CT molecular complexity index is 915. The summed E-state index contributed by atoms with van der Waals surface area (Å²) in [5, 5.41) is 7.06. The molecule has 0 radical (unpaired) electrons. The zero-order chi connectivity index (χ0) is 17.1. The van der Waals surface area contributed by atoms with Gasteiger partial charge in [0.05, 0.1) is 24.0 Å². The van der Waals surface area contributed by atoms with Gasteiger partial charge in [0.25, 0.3) is 0 Å². The van der Waals surface area contributed by atoms with Crippen LogP contribution in [0.2, 0.25) is 10.2 Å². The van der Waals surface area contributed by atoms with Crippen LogP contribution in [-0.2, 0) is 0 Å². The van der Waals surface area contributed by atoms with Crippen molar-refractivity contribution in [2.24, 2.45) is 0 Å². The molecule has 0 unspecified atom stereocenters. The van der Waals surface area contributed by atoms with Crippen molar-refractivity contribution in [3.63, 3.8) is 0 Å². The number of amides is 2. The number of anilines is 2. The quantitative estimate of drug-likeness (QED) is 0.630. The van der Waals surface area contributed by atoms with E-state index in [1.165, 1.54) is 7.11 Å². The Kier molecular flexibility index (Phi) is 4.74. The number of nitrogens with zero attached hydrogens (tertiary/aromatic N) is 1. The maximum atomic E-state index is 12.3. The lowest BCUT2D eigenvalue weighted by Gasteiger charge is -2.13. The maximum absolute atomic E-state index is 12.3. The van der Waals surface area contributed by atoms with Gasteiger partial charge in [0, 0.05) is 10.4 Å². The molecule has 0 saturated carbocycles. The topological polar surface area (TPSA) is 63.2 Å². The van der Waals surface area contributed by atoms with Gasteiger partial charge in [0.2, 0.25) is 0 Å². The van der Waals surface area contributed by atoms with Gasteiger partial charge in [-0.3, -0.25) is 0 Å². The van der Waals surface area contributed by atoms with Gasteiger partial charge in [-0.05, 0) is 30.3 Å². The van der Waals surface area contributed by atoms with E-state index in [0.717, 1.165) is 5.39 Å². The van der Waals surface area contributed by atoms with E-state index in [9.17, 15) is 4.79 Å². The number of hydrogen-bond donors (Lipinski definition) is 2. The molecule has 0 aliphatic heterocycles. The van der Waals surface area contributed by atoms with Crippen molar-refractivity contribution in [2.45, 2.75) is 0 Å². The second-order valence-electron chi connectivity index (χ2n) is 4.93. The van der Waals surface area contributed by atoms with Gasteiger partial charge in [0.15, 0.2) is 0 Å². The molecule has 1 heterocycles. The van der Waals surface area contributed by atoms with Gasteiger partial charge in [0.1, 0.15) is 10.9 Å². The summed E-state index contributed by atoms with van der Waals surface area (Å²) in [6, 6.07) is 13.5. The maximum Gasteiger partial charge on any atom is 0.323 e. The first kappa shape index (κ1) is 16.4. The summed E-state index contributed by atoms with van der Waals surface area (Å²) in [5.74, 6) is 0.507. The number of hydrogen-bond acceptors (Lipinski definition) is 3. The lowest BCUT2D eigenvalue weighted by Crippen LogP contribution is -2.20. The molecule has 122 valence electrons. The molecule has 2 aromatic carbocycles. The Hall–Kier alpha value is -2.50. The highest BCUT2D eigenvalue weighted by molar-refractivity contribution is 6.31. The summed E-state index contributed by atoms with van der Waals surface area (Å²) in [7, 11) is 1.52. The van der Waals surface area contributed by atoms with E-state index in [1.807, 2.05) is 24.3 Å². The van der Waals surface area contributed by atoms with E-state index < -0.39 is 6.03 Å². The number of para-hydroxylation sites is 1. The summed E-state index contributed by atoms with van der Waals surface area (Å²) in [5.41, 5.74) is 1.72. The summed E-state index contributed by atoms with van der Waals surface area (Å²) >= 11 is 12.0. The minimum atomic E-state index is -0.442. The lowest BCUT2D eigenvalue weighted by molar-refractivity contribution is 0.262. The number of carbonyl (C=O) groups excluding carboxylic acids is 1. The third-order valence-corrected chi connectivity index (χ3v) is 3.77. The number of carbonyl (C=O) groups is 1. The highest BCUT2D eigenvalue weighted by Crippen LogP contribution is 2.29. The van der Waals surface area contributed by atoms with Gasteiger partial charge in [-0.15, -0.1) is 0 Å². The second-order valence-corrected chi connectivity index (χ2v) is 5.76. The molecule has 5 nitrogen and oxygen atoms in total. The van der Waals surface area contributed by atoms with E-state index in [0.29, 0.717) is 32.8 Å². The second kappa shape index (κ2) is 6.95. The first-order chi connectivity index (χ1) is 11.6. The monoisotopic (exact) mass is 361 g/mol. The zero-order valence-electron chi connectivity index (χ0n) is 12.6. The van der Waals surface area contributed by atoms with Crippen LogP contribution in [0.15, 0.2) is 48.5 Å². The number of ether oxygens (including phenoxy) is 1. The zero-order valence-corrected chi connectivity index (χ0v) is 14.2. The molecule has 1 aromatic heterocycles. The fraction of sp³-hybridized carbons (Fsp3) is 0.0588. The molecule has 0 aliphatic carbocycles. The molecule has 3 aromatic rings. The predicted molar refractivity (Wildman–Crippen MR) is 97.4 cm³/mol. The minimum Gasteiger partial charge on any atom is -0.495 e. The smallest absolute Gasteiger partial charge is 0.323 e. The van der Waals surface area contributed by atoms with Crippen LogP contribution in [0.5, 0.6) is 5.75 Å². The van der Waals surface area contributed by atoms with Crippen LogP contribution in [0.1, 0.15) is 0 Å². The Balaban J connectivity index is 1.87. The van der Waals surface area contributed by atoms with Gasteiger partial charge in [-0.1, -0.05) is 41.4 Å². The largest absolute Gasteiger partial charge is 0.495 e. The molecule has 0 atom stereocenters. The summed E-state index contributed by atoms with van der Waals surface area (Å²) in [6.07, 6.45) is 0. The number of rotatable bonds is 3. The Morgan fingerprint density at radius 2 is 1.79 bits per heavy atom. The van der Waals surface area contributed by atoms with Crippen LogP contribution in [0.25, 0.3) is 10.9 Å². The van der Waals surface area contributed by atoms with E-state index in [-0.39, 0.29) is 0 Å². The van der Waals surface area contributed by atoms with Crippen LogP contribution < -0.4 is 15.4 Å². The van der Waals surface area contributed by atoms with E-state index in [1.54, 1.807) is 24.3 Å². The third kappa shape index (κ3) is 3.53. The standard InChI is InChI=1S/C17H13Cl2N3O2/c1-24-15-7-6-10(18)8-14(15)22-17(23)21-13-9-16(19)20-12-5-3-2-4-11(12)13/h2-9H,1H3,(H2,20,21,22,23). The lowest BCUT2D eigenvalue weighted by atomic mass is 10.2. The van der Waals surface area contributed by atoms with Gasteiger partial charge in [-0.25, -0.2) is 9.78 Å². The molecule has 0 spiro atoms. The molecule has 0 aliphatic rings. The number of methoxy groups -OCH3 is 1.